The van der Waals surface area contributed by atoms with Crippen LogP contribution in [0.25, 0.3) is 0 Å². The van der Waals surface area contributed by atoms with E-state index in [9.17, 15) is 9.90 Å². The highest BCUT2D eigenvalue weighted by Crippen LogP contribution is 2.26. The number of ether oxygens (including phenoxy) is 1. The topological polar surface area (TPSA) is 84.6 Å². The molecule has 0 aliphatic heterocycles. The quantitative estimate of drug-likeness (QED) is 0.759. The fourth-order valence-corrected chi connectivity index (χ4v) is 1.88. The predicted octanol–water partition coefficient (Wildman–Crippen LogP) is 2.89. The number of benzene rings is 2. The summed E-state index contributed by atoms with van der Waals surface area (Å²) in [5, 5.41) is 12.3. The third-order valence-corrected chi connectivity index (χ3v) is 3.02. The van der Waals surface area contributed by atoms with E-state index in [1.807, 2.05) is 0 Å². The van der Waals surface area contributed by atoms with Gasteiger partial charge in [-0.15, -0.1) is 0 Å². The number of hydrogen-bond acceptors (Lipinski definition) is 4. The molecule has 0 radical (unpaired) electrons. The molecule has 0 fully saturated rings. The van der Waals surface area contributed by atoms with Crippen LogP contribution in [0.1, 0.15) is 10.4 Å². The molecule has 20 heavy (non-hydrogen) atoms. The first-order valence-corrected chi connectivity index (χ1v) is 6.12. The molecule has 0 saturated carbocycles. The highest BCUT2D eigenvalue weighted by atomic mass is 35.5. The van der Waals surface area contributed by atoms with Crippen LogP contribution in [0.2, 0.25) is 5.02 Å². The minimum absolute atomic E-state index is 0.0329. The van der Waals surface area contributed by atoms with Crippen LogP contribution < -0.4 is 15.8 Å². The number of methoxy groups -OCH3 is 1. The summed E-state index contributed by atoms with van der Waals surface area (Å²) in [6.07, 6.45) is 0. The van der Waals surface area contributed by atoms with Crippen molar-refractivity contribution in [3.8, 4) is 11.5 Å². The zero-order valence-corrected chi connectivity index (χ0v) is 11.4. The monoisotopic (exact) mass is 292 g/mol. The lowest BCUT2D eigenvalue weighted by molar-refractivity contribution is 0.102. The molecule has 0 aromatic heterocycles. The van der Waals surface area contributed by atoms with Gasteiger partial charge in [0.25, 0.3) is 5.91 Å². The maximum atomic E-state index is 12.1. The molecule has 0 atom stereocenters. The average molecular weight is 293 g/mol. The van der Waals surface area contributed by atoms with E-state index in [-0.39, 0.29) is 16.3 Å². The second-order valence-corrected chi connectivity index (χ2v) is 4.48. The smallest absolute Gasteiger partial charge is 0.257 e. The molecule has 4 N–H and O–H groups in total. The highest BCUT2D eigenvalue weighted by Gasteiger charge is 2.12. The standard InChI is InChI=1S/C14H13ClN2O3/c1-20-13-6-8(2-5-12(13)16)17-14(19)10-7-9(18)3-4-11(10)15/h2-7,18H,16H2,1H3,(H,17,19). The van der Waals surface area contributed by atoms with Crippen molar-refractivity contribution in [2.45, 2.75) is 0 Å². The second-order valence-electron chi connectivity index (χ2n) is 4.08. The number of carbonyl (C=O) groups is 1. The van der Waals surface area contributed by atoms with E-state index < -0.39 is 5.91 Å². The van der Waals surface area contributed by atoms with Crippen molar-refractivity contribution in [3.05, 3.63) is 47.0 Å². The fraction of sp³-hybridized carbons (Fsp3) is 0.0714. The molecular formula is C14H13ClN2O3. The van der Waals surface area contributed by atoms with Crippen LogP contribution in [0.3, 0.4) is 0 Å². The third-order valence-electron chi connectivity index (χ3n) is 2.69. The van der Waals surface area contributed by atoms with Gasteiger partial charge < -0.3 is 20.9 Å². The highest BCUT2D eigenvalue weighted by molar-refractivity contribution is 6.34. The molecule has 1 amide bonds. The summed E-state index contributed by atoms with van der Waals surface area (Å²) >= 11 is 5.92. The Morgan fingerprint density at radius 3 is 2.75 bits per heavy atom. The molecule has 6 heteroatoms. The van der Waals surface area contributed by atoms with Gasteiger partial charge in [0.05, 0.1) is 23.4 Å². The molecule has 0 bridgehead atoms. The van der Waals surface area contributed by atoms with Crippen LogP contribution in [-0.2, 0) is 0 Å². The van der Waals surface area contributed by atoms with E-state index in [0.29, 0.717) is 17.1 Å². The Balaban J connectivity index is 2.25. The van der Waals surface area contributed by atoms with Crippen molar-refractivity contribution in [2.75, 3.05) is 18.2 Å². The molecule has 2 aromatic rings. The summed E-state index contributed by atoms with van der Waals surface area (Å²) < 4.78 is 5.07. The largest absolute Gasteiger partial charge is 0.508 e. The summed E-state index contributed by atoms with van der Waals surface area (Å²) in [6, 6.07) is 9.03. The Hall–Kier alpha value is -2.40. The van der Waals surface area contributed by atoms with E-state index in [0.717, 1.165) is 0 Å². The van der Waals surface area contributed by atoms with Crippen molar-refractivity contribution >= 4 is 28.9 Å². The second kappa shape index (κ2) is 5.71. The van der Waals surface area contributed by atoms with E-state index in [2.05, 4.69) is 5.32 Å². The maximum absolute atomic E-state index is 12.1. The Morgan fingerprint density at radius 1 is 1.30 bits per heavy atom. The van der Waals surface area contributed by atoms with Crippen LogP contribution in [0.4, 0.5) is 11.4 Å². The number of halogens is 1. The Kier molecular flexibility index (Phi) is 4.00. The number of aromatic hydroxyl groups is 1. The van der Waals surface area contributed by atoms with Crippen LogP contribution >= 0.6 is 11.6 Å². The molecule has 2 rings (SSSR count). The lowest BCUT2D eigenvalue weighted by Gasteiger charge is -2.10. The molecule has 0 unspecified atom stereocenters. The van der Waals surface area contributed by atoms with Gasteiger partial charge in [0.2, 0.25) is 0 Å². The van der Waals surface area contributed by atoms with Gasteiger partial charge in [0, 0.05) is 11.8 Å². The molecule has 2 aromatic carbocycles. The fourth-order valence-electron chi connectivity index (χ4n) is 1.67. The summed E-state index contributed by atoms with van der Waals surface area (Å²) in [5.74, 6) is -0.00281. The lowest BCUT2D eigenvalue weighted by Crippen LogP contribution is -2.12. The maximum Gasteiger partial charge on any atom is 0.257 e. The number of nitrogens with one attached hydrogen (secondary N) is 1. The number of nitrogens with two attached hydrogens (primary N) is 1. The molecule has 0 saturated heterocycles. The van der Waals surface area contributed by atoms with Crippen molar-refractivity contribution in [3.63, 3.8) is 0 Å². The Morgan fingerprint density at radius 2 is 2.05 bits per heavy atom. The lowest BCUT2D eigenvalue weighted by atomic mass is 10.2. The zero-order valence-electron chi connectivity index (χ0n) is 10.7. The van der Waals surface area contributed by atoms with E-state index in [4.69, 9.17) is 22.1 Å². The number of anilines is 2. The summed E-state index contributed by atoms with van der Waals surface area (Å²) in [6.45, 7) is 0. The van der Waals surface area contributed by atoms with Crippen LogP contribution in [0, 0.1) is 0 Å². The van der Waals surface area contributed by atoms with Gasteiger partial charge in [-0.1, -0.05) is 11.6 Å². The first-order valence-electron chi connectivity index (χ1n) is 5.74. The van der Waals surface area contributed by atoms with Crippen LogP contribution in [0.5, 0.6) is 11.5 Å². The van der Waals surface area contributed by atoms with Gasteiger partial charge in [-0.3, -0.25) is 4.79 Å². The molecule has 0 aliphatic rings. The number of hydrogen-bond donors (Lipinski definition) is 3. The molecule has 0 aliphatic carbocycles. The van der Waals surface area contributed by atoms with Gasteiger partial charge in [-0.25, -0.2) is 0 Å². The average Bonchev–Trinajstić information content (AvgIpc) is 2.43. The number of phenols is 1. The predicted molar refractivity (Wildman–Crippen MR) is 78.5 cm³/mol. The first kappa shape index (κ1) is 14.0. The van der Waals surface area contributed by atoms with Gasteiger partial charge in [0.1, 0.15) is 11.5 Å². The van der Waals surface area contributed by atoms with Gasteiger partial charge in [0.15, 0.2) is 0 Å². The van der Waals surface area contributed by atoms with E-state index >= 15 is 0 Å². The molecule has 5 nitrogen and oxygen atoms in total. The summed E-state index contributed by atoms with van der Waals surface area (Å²) in [5.41, 5.74) is 6.86. The molecule has 104 valence electrons. The normalized spacial score (nSPS) is 10.1. The number of nitrogen functional groups attached to an aromatic ring is 1. The van der Waals surface area contributed by atoms with E-state index in [1.54, 1.807) is 18.2 Å². The van der Waals surface area contributed by atoms with E-state index in [1.165, 1.54) is 25.3 Å². The van der Waals surface area contributed by atoms with Crippen molar-refractivity contribution in [1.29, 1.82) is 0 Å². The minimum Gasteiger partial charge on any atom is -0.508 e. The van der Waals surface area contributed by atoms with Crippen molar-refractivity contribution in [1.82, 2.24) is 0 Å². The summed E-state index contributed by atoms with van der Waals surface area (Å²) in [4.78, 5) is 12.1. The number of rotatable bonds is 3. The van der Waals surface area contributed by atoms with Crippen LogP contribution in [0.15, 0.2) is 36.4 Å². The van der Waals surface area contributed by atoms with Crippen molar-refractivity contribution in [2.24, 2.45) is 0 Å². The summed E-state index contributed by atoms with van der Waals surface area (Å²) in [7, 11) is 1.49. The SMILES string of the molecule is COc1cc(NC(=O)c2cc(O)ccc2Cl)ccc1N. The van der Waals surface area contributed by atoms with Gasteiger partial charge >= 0.3 is 0 Å². The molecular weight excluding hydrogens is 280 g/mol. The minimum atomic E-state index is -0.433. The Bertz CT molecular complexity index is 659. The van der Waals surface area contributed by atoms with Gasteiger partial charge in [-0.05, 0) is 30.3 Å². The van der Waals surface area contributed by atoms with Crippen LogP contribution in [-0.4, -0.2) is 18.1 Å². The van der Waals surface area contributed by atoms with Gasteiger partial charge in [-0.2, -0.15) is 0 Å². The number of carbonyl (C=O) groups excluding carboxylic acids is 1. The first-order chi connectivity index (χ1) is 9.51. The molecule has 0 spiro atoms. The zero-order chi connectivity index (χ0) is 14.7. The number of phenolic OH excluding ortho intramolecular Hbond substituents is 1. The van der Waals surface area contributed by atoms with Crippen molar-refractivity contribution < 1.29 is 14.6 Å². The third kappa shape index (κ3) is 2.95. The number of amides is 1. The molecule has 0 heterocycles. The Labute approximate surface area is 120 Å².